The van der Waals surface area contributed by atoms with Crippen LogP contribution in [0.15, 0.2) is 48.5 Å². The van der Waals surface area contributed by atoms with E-state index in [4.69, 9.17) is 4.98 Å². The molecule has 166 valence electrons. The van der Waals surface area contributed by atoms with Gasteiger partial charge >= 0.3 is 0 Å². The highest BCUT2D eigenvalue weighted by Gasteiger charge is 2.29. The molecule has 8 heteroatoms. The molecule has 0 bridgehead atoms. The third-order valence-corrected chi connectivity index (χ3v) is 5.79. The number of fused-ring (bicyclic) bond motifs is 2. The van der Waals surface area contributed by atoms with Gasteiger partial charge in [0.15, 0.2) is 0 Å². The zero-order valence-electron chi connectivity index (χ0n) is 18.4. The van der Waals surface area contributed by atoms with E-state index in [-0.39, 0.29) is 42.5 Å². The van der Waals surface area contributed by atoms with Crippen molar-refractivity contribution in [1.82, 2.24) is 20.2 Å². The fourth-order valence-electron chi connectivity index (χ4n) is 4.01. The van der Waals surface area contributed by atoms with Crippen molar-refractivity contribution in [2.24, 2.45) is 13.0 Å². The molecule has 2 heterocycles. The molecule has 0 saturated heterocycles. The second-order valence-corrected chi connectivity index (χ2v) is 8.41. The van der Waals surface area contributed by atoms with Crippen LogP contribution in [0.4, 0.5) is 5.69 Å². The van der Waals surface area contributed by atoms with Crippen LogP contribution in [0.5, 0.6) is 0 Å². The first-order valence-corrected chi connectivity index (χ1v) is 10.8. The highest BCUT2D eigenvalue weighted by molar-refractivity contribution is 6.09. The van der Waals surface area contributed by atoms with Gasteiger partial charge in [-0.25, -0.2) is 4.98 Å². The predicted molar refractivity (Wildman–Crippen MR) is 122 cm³/mol. The van der Waals surface area contributed by atoms with Crippen LogP contribution < -0.4 is 16.0 Å². The van der Waals surface area contributed by atoms with Crippen molar-refractivity contribution in [1.29, 1.82) is 0 Å². The molecule has 0 radical (unpaired) electrons. The number of hydrogen-bond acceptors (Lipinski definition) is 4. The molecule has 3 N–H and O–H groups in total. The highest BCUT2D eigenvalue weighted by atomic mass is 16.2. The molecule has 4 rings (SSSR count). The summed E-state index contributed by atoms with van der Waals surface area (Å²) < 4.78 is 2.00. The Morgan fingerprint density at radius 1 is 1.12 bits per heavy atom. The van der Waals surface area contributed by atoms with Crippen LogP contribution in [-0.2, 0) is 16.6 Å². The Kier molecular flexibility index (Phi) is 5.94. The third kappa shape index (κ3) is 4.21. The summed E-state index contributed by atoms with van der Waals surface area (Å²) in [6.07, 6.45) is 0.298. The maximum atomic E-state index is 12.8. The first kappa shape index (κ1) is 21.5. The maximum Gasteiger partial charge on any atom is 0.254 e. The molecule has 0 spiro atoms. The van der Waals surface area contributed by atoms with Crippen molar-refractivity contribution >= 4 is 34.4 Å². The highest BCUT2D eigenvalue weighted by Crippen LogP contribution is 2.25. The van der Waals surface area contributed by atoms with E-state index in [2.05, 4.69) is 16.0 Å². The molecule has 0 saturated carbocycles. The molecule has 0 aliphatic carbocycles. The average molecular weight is 434 g/mol. The van der Waals surface area contributed by atoms with Gasteiger partial charge in [-0.05, 0) is 36.6 Å². The van der Waals surface area contributed by atoms with E-state index < -0.39 is 6.04 Å². The van der Waals surface area contributed by atoms with Crippen LogP contribution in [-0.4, -0.2) is 33.3 Å². The molecule has 32 heavy (non-hydrogen) atoms. The van der Waals surface area contributed by atoms with Gasteiger partial charge in [-0.15, -0.1) is 0 Å². The quantitative estimate of drug-likeness (QED) is 0.556. The zero-order chi connectivity index (χ0) is 22.8. The van der Waals surface area contributed by atoms with Crippen molar-refractivity contribution in [3.63, 3.8) is 0 Å². The number of rotatable bonds is 6. The topological polar surface area (TPSA) is 105 Å². The molecular formula is C24H27N5O3. The number of hydrogen-bond donors (Lipinski definition) is 3. The van der Waals surface area contributed by atoms with Gasteiger partial charge in [0, 0.05) is 13.5 Å². The van der Waals surface area contributed by atoms with Crippen molar-refractivity contribution in [2.75, 3.05) is 5.32 Å². The Labute approximate surface area is 186 Å². The normalized spacial score (nSPS) is 16.8. The number of nitrogens with one attached hydrogen (secondary N) is 3. The number of aromatic nitrogens is 2. The van der Waals surface area contributed by atoms with Crippen LogP contribution in [0.1, 0.15) is 48.9 Å². The molecule has 3 aromatic rings. The van der Waals surface area contributed by atoms with Gasteiger partial charge in [0.2, 0.25) is 11.8 Å². The first-order valence-electron chi connectivity index (χ1n) is 10.8. The molecule has 1 aliphatic heterocycles. The first-order chi connectivity index (χ1) is 15.3. The largest absolute Gasteiger partial charge is 0.346 e. The molecule has 2 atom stereocenters. The van der Waals surface area contributed by atoms with E-state index in [1.54, 1.807) is 24.3 Å². The smallest absolute Gasteiger partial charge is 0.254 e. The van der Waals surface area contributed by atoms with Crippen LogP contribution in [0.3, 0.4) is 0 Å². The van der Waals surface area contributed by atoms with Gasteiger partial charge in [-0.3, -0.25) is 14.4 Å². The summed E-state index contributed by atoms with van der Waals surface area (Å²) in [5.74, 6) is 0.0471. The second-order valence-electron chi connectivity index (χ2n) is 8.41. The third-order valence-electron chi connectivity index (χ3n) is 5.79. The molecular weight excluding hydrogens is 406 g/mol. The zero-order valence-corrected chi connectivity index (χ0v) is 18.4. The number of imidazole rings is 1. The van der Waals surface area contributed by atoms with E-state index >= 15 is 0 Å². The lowest BCUT2D eigenvalue weighted by Crippen LogP contribution is -2.42. The minimum atomic E-state index is -0.783. The van der Waals surface area contributed by atoms with Gasteiger partial charge in [-0.2, -0.15) is 0 Å². The number of anilines is 1. The summed E-state index contributed by atoms with van der Waals surface area (Å²) >= 11 is 0. The van der Waals surface area contributed by atoms with Crippen LogP contribution in [0, 0.1) is 5.92 Å². The van der Waals surface area contributed by atoms with Gasteiger partial charge in [0.1, 0.15) is 11.9 Å². The number of carbonyl (C=O) groups is 3. The minimum Gasteiger partial charge on any atom is -0.346 e. The number of carbonyl (C=O) groups excluding carboxylic acids is 3. The molecule has 0 unspecified atom stereocenters. The summed E-state index contributed by atoms with van der Waals surface area (Å²) in [6.45, 7) is 4.06. The van der Waals surface area contributed by atoms with Gasteiger partial charge < -0.3 is 20.5 Å². The summed E-state index contributed by atoms with van der Waals surface area (Å²) in [4.78, 5) is 42.5. The number of aryl methyl sites for hydroxylation is 1. The number of benzene rings is 2. The van der Waals surface area contributed by atoms with E-state index in [1.165, 1.54) is 0 Å². The van der Waals surface area contributed by atoms with E-state index in [9.17, 15) is 14.4 Å². The summed E-state index contributed by atoms with van der Waals surface area (Å²) in [6, 6.07) is 13.6. The van der Waals surface area contributed by atoms with E-state index in [1.807, 2.05) is 49.7 Å². The van der Waals surface area contributed by atoms with E-state index in [0.29, 0.717) is 11.3 Å². The Balaban J connectivity index is 1.44. The molecule has 1 aliphatic rings. The number of amides is 3. The van der Waals surface area contributed by atoms with Crippen LogP contribution in [0.25, 0.3) is 11.0 Å². The van der Waals surface area contributed by atoms with Crippen LogP contribution in [0.2, 0.25) is 0 Å². The van der Waals surface area contributed by atoms with Crippen molar-refractivity contribution in [2.45, 2.75) is 38.8 Å². The van der Waals surface area contributed by atoms with Crippen molar-refractivity contribution in [3.8, 4) is 0 Å². The fraction of sp³-hybridized carbons (Fsp3) is 0.333. The monoisotopic (exact) mass is 433 g/mol. The molecule has 0 fully saturated rings. The summed E-state index contributed by atoms with van der Waals surface area (Å²) in [7, 11) is 1.94. The Hall–Kier alpha value is -3.68. The standard InChI is InChI=1S/C24H27N5O3/c1-14(2)21(22-25-17-10-6-7-11-19(17)29(22)3)28-20(30)13-12-18-24(32)26-16-9-5-4-8-15(16)23(31)27-18/h4-11,14,18,21H,12-13H2,1-3H3,(H,26,32)(H,27,31)(H,28,30)/t18-,21-/m1/s1. The van der Waals surface area contributed by atoms with Gasteiger partial charge in [0.25, 0.3) is 5.91 Å². The minimum absolute atomic E-state index is 0.0991. The van der Waals surface area contributed by atoms with Gasteiger partial charge in [0.05, 0.1) is 28.3 Å². The summed E-state index contributed by atoms with van der Waals surface area (Å²) in [5, 5.41) is 8.56. The molecule has 1 aromatic heterocycles. The Bertz CT molecular complexity index is 1180. The average Bonchev–Trinajstić information content (AvgIpc) is 3.04. The molecule has 8 nitrogen and oxygen atoms in total. The predicted octanol–water partition coefficient (Wildman–Crippen LogP) is 2.92. The van der Waals surface area contributed by atoms with E-state index in [0.717, 1.165) is 16.9 Å². The SMILES string of the molecule is CC(C)[C@@H](NC(=O)CC[C@H]1NC(=O)c2ccccc2NC1=O)c1nc2ccccc2n1C. The van der Waals surface area contributed by atoms with Crippen molar-refractivity contribution in [3.05, 3.63) is 59.9 Å². The Morgan fingerprint density at radius 2 is 1.84 bits per heavy atom. The number of para-hydroxylation sites is 3. The fourth-order valence-corrected chi connectivity index (χ4v) is 4.01. The van der Waals surface area contributed by atoms with Gasteiger partial charge in [-0.1, -0.05) is 38.1 Å². The lowest BCUT2D eigenvalue weighted by atomic mass is 10.0. The summed E-state index contributed by atoms with van der Waals surface area (Å²) in [5.41, 5.74) is 2.76. The lowest BCUT2D eigenvalue weighted by Gasteiger charge is -2.23. The van der Waals surface area contributed by atoms with Crippen LogP contribution >= 0.6 is 0 Å². The second kappa shape index (κ2) is 8.82. The maximum absolute atomic E-state index is 12.8. The van der Waals surface area contributed by atoms with Crippen molar-refractivity contribution < 1.29 is 14.4 Å². The lowest BCUT2D eigenvalue weighted by molar-refractivity contribution is -0.122. The Morgan fingerprint density at radius 3 is 2.59 bits per heavy atom. The number of nitrogens with zero attached hydrogens (tertiary/aromatic N) is 2. The molecule has 2 aromatic carbocycles. The molecule has 3 amide bonds.